The number of nitrogens with two attached hydrogens (primary N) is 1. The Hall–Kier alpha value is -1.27. The smallest absolute Gasteiger partial charge is 0.243 e. The molecular formula is C12H20N2O3S. The number of sulfonamides is 1. The van der Waals surface area contributed by atoms with Crippen molar-refractivity contribution in [1.82, 2.24) is 4.31 Å². The van der Waals surface area contributed by atoms with Crippen LogP contribution in [0.4, 0.5) is 5.69 Å². The summed E-state index contributed by atoms with van der Waals surface area (Å²) in [6.45, 7) is 4.72. The van der Waals surface area contributed by atoms with Gasteiger partial charge in [-0.05, 0) is 24.6 Å². The molecule has 102 valence electrons. The molecule has 0 saturated carbocycles. The van der Waals surface area contributed by atoms with E-state index in [1.54, 1.807) is 6.07 Å². The molecule has 0 amide bonds. The maximum atomic E-state index is 12.3. The van der Waals surface area contributed by atoms with Crippen molar-refractivity contribution in [2.24, 2.45) is 0 Å². The maximum absolute atomic E-state index is 12.3. The van der Waals surface area contributed by atoms with Gasteiger partial charge < -0.3 is 10.5 Å². The monoisotopic (exact) mass is 272 g/mol. The number of hydrogen-bond acceptors (Lipinski definition) is 4. The Labute approximate surface area is 109 Å². The molecule has 0 saturated heterocycles. The lowest BCUT2D eigenvalue weighted by Crippen LogP contribution is -2.31. The van der Waals surface area contributed by atoms with Crippen LogP contribution in [0.2, 0.25) is 0 Å². The van der Waals surface area contributed by atoms with Gasteiger partial charge >= 0.3 is 0 Å². The van der Waals surface area contributed by atoms with Gasteiger partial charge in [0.2, 0.25) is 10.0 Å². The summed E-state index contributed by atoms with van der Waals surface area (Å²) in [6, 6.07) is 4.53. The van der Waals surface area contributed by atoms with E-state index < -0.39 is 10.0 Å². The molecule has 0 aromatic heterocycles. The van der Waals surface area contributed by atoms with Crippen LogP contribution in [0.5, 0.6) is 5.75 Å². The number of anilines is 1. The van der Waals surface area contributed by atoms with Crippen LogP contribution in [0, 0.1) is 0 Å². The maximum Gasteiger partial charge on any atom is 0.243 e. The second-order valence-electron chi connectivity index (χ2n) is 3.90. The molecule has 0 unspecified atom stereocenters. The SMILES string of the molecule is CCCN(CC)S(=O)(=O)c1ccc(OC)c(N)c1. The molecule has 0 heterocycles. The normalized spacial score (nSPS) is 11.8. The van der Waals surface area contributed by atoms with Gasteiger partial charge in [0.15, 0.2) is 0 Å². The van der Waals surface area contributed by atoms with Gasteiger partial charge in [-0.3, -0.25) is 0 Å². The molecule has 0 atom stereocenters. The molecule has 0 aliphatic carbocycles. The Balaban J connectivity index is 3.15. The van der Waals surface area contributed by atoms with E-state index >= 15 is 0 Å². The van der Waals surface area contributed by atoms with Crippen molar-refractivity contribution in [2.45, 2.75) is 25.2 Å². The van der Waals surface area contributed by atoms with Crippen LogP contribution in [0.15, 0.2) is 23.1 Å². The predicted molar refractivity (Wildman–Crippen MR) is 72.1 cm³/mol. The van der Waals surface area contributed by atoms with Crippen LogP contribution in [-0.4, -0.2) is 32.9 Å². The van der Waals surface area contributed by atoms with Crippen LogP contribution in [0.1, 0.15) is 20.3 Å². The molecule has 0 aliphatic rings. The molecule has 0 bridgehead atoms. The van der Waals surface area contributed by atoms with Gasteiger partial charge in [0.25, 0.3) is 0 Å². The number of hydrogen-bond donors (Lipinski definition) is 1. The fraction of sp³-hybridized carbons (Fsp3) is 0.500. The molecule has 1 aromatic rings. The molecule has 0 aliphatic heterocycles. The molecule has 5 nitrogen and oxygen atoms in total. The Morgan fingerprint density at radius 2 is 2.00 bits per heavy atom. The number of nitrogens with zero attached hydrogens (tertiary/aromatic N) is 1. The van der Waals surface area contributed by atoms with Crippen LogP contribution < -0.4 is 10.5 Å². The zero-order chi connectivity index (χ0) is 13.8. The molecule has 0 fully saturated rings. The summed E-state index contributed by atoms with van der Waals surface area (Å²) < 4.78 is 31.1. The summed E-state index contributed by atoms with van der Waals surface area (Å²) in [7, 11) is -1.97. The van der Waals surface area contributed by atoms with E-state index in [-0.39, 0.29) is 4.90 Å². The summed E-state index contributed by atoms with van der Waals surface area (Å²) in [5.41, 5.74) is 6.06. The Kier molecular flexibility index (Phi) is 4.98. The van der Waals surface area contributed by atoms with Gasteiger partial charge in [0.05, 0.1) is 17.7 Å². The van der Waals surface area contributed by atoms with Crippen LogP contribution >= 0.6 is 0 Å². The highest BCUT2D eigenvalue weighted by Crippen LogP contribution is 2.26. The predicted octanol–water partition coefficient (Wildman–Crippen LogP) is 1.70. The van der Waals surface area contributed by atoms with Crippen molar-refractivity contribution in [3.05, 3.63) is 18.2 Å². The first-order valence-electron chi connectivity index (χ1n) is 5.91. The lowest BCUT2D eigenvalue weighted by molar-refractivity contribution is 0.415. The highest BCUT2D eigenvalue weighted by Gasteiger charge is 2.22. The number of benzene rings is 1. The van der Waals surface area contributed by atoms with Crippen LogP contribution in [0.3, 0.4) is 0 Å². The quantitative estimate of drug-likeness (QED) is 0.800. The standard InChI is InChI=1S/C12H20N2O3S/c1-4-8-14(5-2)18(15,16)10-6-7-12(17-3)11(13)9-10/h6-7,9H,4-5,8,13H2,1-3H3. The zero-order valence-corrected chi connectivity index (χ0v) is 11.8. The second kappa shape index (κ2) is 6.06. The summed E-state index contributed by atoms with van der Waals surface area (Å²) in [5.74, 6) is 0.479. The fourth-order valence-corrected chi connectivity index (χ4v) is 3.30. The number of rotatable bonds is 6. The third-order valence-corrected chi connectivity index (χ3v) is 4.63. The Morgan fingerprint density at radius 1 is 1.33 bits per heavy atom. The first kappa shape index (κ1) is 14.8. The van der Waals surface area contributed by atoms with E-state index in [1.165, 1.54) is 23.5 Å². The molecule has 1 aromatic carbocycles. The average Bonchev–Trinajstić information content (AvgIpc) is 2.35. The summed E-state index contributed by atoms with van der Waals surface area (Å²) >= 11 is 0. The average molecular weight is 272 g/mol. The van der Waals surface area contributed by atoms with E-state index in [0.717, 1.165) is 6.42 Å². The van der Waals surface area contributed by atoms with E-state index in [1.807, 2.05) is 13.8 Å². The Bertz CT molecular complexity index is 500. The number of methoxy groups -OCH3 is 1. The first-order valence-corrected chi connectivity index (χ1v) is 7.35. The summed E-state index contributed by atoms with van der Waals surface area (Å²) in [5, 5.41) is 0. The molecule has 2 N–H and O–H groups in total. The van der Waals surface area contributed by atoms with E-state index in [4.69, 9.17) is 10.5 Å². The van der Waals surface area contributed by atoms with Crippen molar-refractivity contribution in [3.8, 4) is 5.75 Å². The molecule has 0 radical (unpaired) electrons. The lowest BCUT2D eigenvalue weighted by Gasteiger charge is -2.20. The summed E-state index contributed by atoms with van der Waals surface area (Å²) in [4.78, 5) is 0.205. The Morgan fingerprint density at radius 3 is 2.44 bits per heavy atom. The minimum atomic E-state index is -3.46. The van der Waals surface area contributed by atoms with Crippen molar-refractivity contribution < 1.29 is 13.2 Å². The van der Waals surface area contributed by atoms with Gasteiger partial charge in [-0.2, -0.15) is 4.31 Å². The molecule has 18 heavy (non-hydrogen) atoms. The molecule has 0 spiro atoms. The van der Waals surface area contributed by atoms with Gasteiger partial charge in [0, 0.05) is 13.1 Å². The largest absolute Gasteiger partial charge is 0.495 e. The lowest BCUT2D eigenvalue weighted by atomic mass is 10.3. The summed E-state index contributed by atoms with van der Waals surface area (Å²) in [6.07, 6.45) is 0.776. The van der Waals surface area contributed by atoms with Gasteiger partial charge in [-0.25, -0.2) is 8.42 Å². The first-order chi connectivity index (χ1) is 8.47. The van der Waals surface area contributed by atoms with E-state index in [9.17, 15) is 8.42 Å². The molecule has 6 heteroatoms. The fourth-order valence-electron chi connectivity index (χ4n) is 1.72. The van der Waals surface area contributed by atoms with E-state index in [0.29, 0.717) is 24.5 Å². The zero-order valence-electron chi connectivity index (χ0n) is 11.0. The van der Waals surface area contributed by atoms with Gasteiger partial charge in [0.1, 0.15) is 5.75 Å². The van der Waals surface area contributed by atoms with Crippen molar-refractivity contribution in [3.63, 3.8) is 0 Å². The van der Waals surface area contributed by atoms with Crippen molar-refractivity contribution in [1.29, 1.82) is 0 Å². The number of nitrogen functional groups attached to an aromatic ring is 1. The van der Waals surface area contributed by atoms with Crippen LogP contribution in [0.25, 0.3) is 0 Å². The third kappa shape index (κ3) is 2.94. The van der Waals surface area contributed by atoms with Gasteiger partial charge in [-0.1, -0.05) is 13.8 Å². The van der Waals surface area contributed by atoms with Crippen molar-refractivity contribution in [2.75, 3.05) is 25.9 Å². The molecular weight excluding hydrogens is 252 g/mol. The number of ether oxygens (including phenoxy) is 1. The third-order valence-electron chi connectivity index (χ3n) is 2.66. The van der Waals surface area contributed by atoms with Crippen molar-refractivity contribution >= 4 is 15.7 Å². The minimum Gasteiger partial charge on any atom is -0.495 e. The van der Waals surface area contributed by atoms with Gasteiger partial charge in [-0.15, -0.1) is 0 Å². The van der Waals surface area contributed by atoms with Crippen LogP contribution in [-0.2, 0) is 10.0 Å². The molecule has 1 rings (SSSR count). The van der Waals surface area contributed by atoms with E-state index in [2.05, 4.69) is 0 Å². The topological polar surface area (TPSA) is 72.6 Å². The highest BCUT2D eigenvalue weighted by molar-refractivity contribution is 7.89. The minimum absolute atomic E-state index is 0.205. The second-order valence-corrected chi connectivity index (χ2v) is 5.84. The highest BCUT2D eigenvalue weighted by atomic mass is 32.2.